The highest BCUT2D eigenvalue weighted by atomic mass is 16.5. The number of pyridine rings is 1. The molecule has 1 amide bonds. The molecule has 1 aliphatic heterocycles. The fraction of sp³-hybridized carbons (Fsp3) is 0.318. The lowest BCUT2D eigenvalue weighted by Crippen LogP contribution is -2.59. The van der Waals surface area contributed by atoms with Crippen LogP contribution in [0.15, 0.2) is 42.7 Å². The third-order valence-electron chi connectivity index (χ3n) is 5.77. The Bertz CT molecular complexity index is 1110. The summed E-state index contributed by atoms with van der Waals surface area (Å²) in [6.45, 7) is 3.97. The predicted octanol–water partition coefficient (Wildman–Crippen LogP) is 3.06. The SMILES string of the molecule is COc1ccc(OC)c2c1cc1n2CC(C)(C(C)=O)N(Cc2cccnc2)C1=O. The van der Waals surface area contributed by atoms with Crippen LogP contribution in [0.3, 0.4) is 0 Å². The molecular weight excluding hydrogens is 370 g/mol. The van der Waals surface area contributed by atoms with Crippen LogP contribution in [-0.4, -0.2) is 45.9 Å². The molecule has 150 valence electrons. The first-order chi connectivity index (χ1) is 13.9. The van der Waals surface area contributed by atoms with Crippen LogP contribution in [0.2, 0.25) is 0 Å². The van der Waals surface area contributed by atoms with Gasteiger partial charge in [0.2, 0.25) is 0 Å². The molecule has 0 saturated carbocycles. The molecule has 3 aromatic rings. The van der Waals surface area contributed by atoms with Crippen molar-refractivity contribution in [2.45, 2.75) is 32.5 Å². The quantitative estimate of drug-likeness (QED) is 0.666. The monoisotopic (exact) mass is 393 g/mol. The van der Waals surface area contributed by atoms with Gasteiger partial charge in [-0.3, -0.25) is 14.6 Å². The van der Waals surface area contributed by atoms with Crippen molar-refractivity contribution < 1.29 is 19.1 Å². The van der Waals surface area contributed by atoms with Crippen LogP contribution < -0.4 is 9.47 Å². The number of Topliss-reactive ketones (excluding diaryl/α,β-unsaturated/α-hetero) is 1. The predicted molar refractivity (Wildman–Crippen MR) is 108 cm³/mol. The van der Waals surface area contributed by atoms with Gasteiger partial charge in [-0.25, -0.2) is 0 Å². The van der Waals surface area contributed by atoms with Gasteiger partial charge in [-0.2, -0.15) is 0 Å². The van der Waals surface area contributed by atoms with Crippen LogP contribution in [0.5, 0.6) is 11.5 Å². The van der Waals surface area contributed by atoms with Gasteiger partial charge in [0.05, 0.1) is 26.3 Å². The summed E-state index contributed by atoms with van der Waals surface area (Å²) in [5.41, 5.74) is 1.13. The Morgan fingerprint density at radius 2 is 1.93 bits per heavy atom. The van der Waals surface area contributed by atoms with Crippen molar-refractivity contribution >= 4 is 22.6 Å². The second-order valence-corrected chi connectivity index (χ2v) is 7.43. The molecule has 7 nitrogen and oxygen atoms in total. The molecule has 7 heteroatoms. The zero-order chi connectivity index (χ0) is 20.8. The van der Waals surface area contributed by atoms with Crippen LogP contribution in [0.1, 0.15) is 29.9 Å². The van der Waals surface area contributed by atoms with Gasteiger partial charge in [-0.05, 0) is 43.7 Å². The highest BCUT2D eigenvalue weighted by molar-refractivity contribution is 6.05. The first-order valence-corrected chi connectivity index (χ1v) is 9.37. The number of hydrogen-bond donors (Lipinski definition) is 0. The van der Waals surface area contributed by atoms with E-state index in [1.165, 1.54) is 6.92 Å². The summed E-state index contributed by atoms with van der Waals surface area (Å²) in [7, 11) is 3.18. The van der Waals surface area contributed by atoms with E-state index >= 15 is 0 Å². The van der Waals surface area contributed by atoms with E-state index in [4.69, 9.17) is 9.47 Å². The van der Waals surface area contributed by atoms with E-state index in [-0.39, 0.29) is 11.7 Å². The van der Waals surface area contributed by atoms with Crippen LogP contribution in [0, 0.1) is 0 Å². The lowest BCUT2D eigenvalue weighted by molar-refractivity contribution is -0.128. The smallest absolute Gasteiger partial charge is 0.271 e. The molecule has 1 atom stereocenters. The molecule has 0 fully saturated rings. The number of amides is 1. The molecule has 0 saturated heterocycles. The third kappa shape index (κ3) is 2.85. The fourth-order valence-corrected chi connectivity index (χ4v) is 3.98. The molecule has 0 aliphatic carbocycles. The molecular formula is C22H23N3O4. The Labute approximate surface area is 168 Å². The number of methoxy groups -OCH3 is 2. The summed E-state index contributed by atoms with van der Waals surface area (Å²) in [5, 5.41) is 0.782. The number of fused-ring (bicyclic) bond motifs is 3. The van der Waals surface area contributed by atoms with Gasteiger partial charge in [0.1, 0.15) is 22.7 Å². The Kier molecular flexibility index (Phi) is 4.53. The van der Waals surface area contributed by atoms with E-state index in [1.807, 2.05) is 41.8 Å². The van der Waals surface area contributed by atoms with Gasteiger partial charge in [0.15, 0.2) is 5.78 Å². The molecule has 1 unspecified atom stereocenters. The molecule has 3 heterocycles. The average Bonchev–Trinajstić information content (AvgIpc) is 3.10. The van der Waals surface area contributed by atoms with E-state index in [0.717, 1.165) is 16.5 Å². The first kappa shape index (κ1) is 19.0. The van der Waals surface area contributed by atoms with Crippen molar-refractivity contribution in [1.29, 1.82) is 0 Å². The lowest BCUT2D eigenvalue weighted by atomic mass is 9.91. The number of ether oxygens (including phenoxy) is 2. The number of carbonyl (C=O) groups is 2. The molecule has 0 bridgehead atoms. The zero-order valence-electron chi connectivity index (χ0n) is 16.9. The lowest BCUT2D eigenvalue weighted by Gasteiger charge is -2.43. The average molecular weight is 393 g/mol. The Morgan fingerprint density at radius 3 is 2.55 bits per heavy atom. The second-order valence-electron chi connectivity index (χ2n) is 7.43. The highest BCUT2D eigenvalue weighted by Gasteiger charge is 2.46. The number of rotatable bonds is 5. The third-order valence-corrected chi connectivity index (χ3v) is 5.77. The molecule has 0 radical (unpaired) electrons. The van der Waals surface area contributed by atoms with E-state index in [0.29, 0.717) is 30.3 Å². The molecule has 2 aromatic heterocycles. The first-order valence-electron chi connectivity index (χ1n) is 9.37. The van der Waals surface area contributed by atoms with Crippen molar-refractivity contribution in [2.24, 2.45) is 0 Å². The van der Waals surface area contributed by atoms with Gasteiger partial charge in [-0.15, -0.1) is 0 Å². The summed E-state index contributed by atoms with van der Waals surface area (Å²) >= 11 is 0. The maximum Gasteiger partial charge on any atom is 0.271 e. The highest BCUT2D eigenvalue weighted by Crippen LogP contribution is 2.40. The fourth-order valence-electron chi connectivity index (χ4n) is 3.98. The summed E-state index contributed by atoms with van der Waals surface area (Å²) in [6, 6.07) is 9.16. The van der Waals surface area contributed by atoms with Crippen molar-refractivity contribution in [3.05, 3.63) is 54.0 Å². The summed E-state index contributed by atoms with van der Waals surface area (Å²) in [4.78, 5) is 32.1. The van der Waals surface area contributed by atoms with Crippen LogP contribution in [-0.2, 0) is 17.9 Å². The second kappa shape index (κ2) is 6.92. The van der Waals surface area contributed by atoms with Crippen LogP contribution >= 0.6 is 0 Å². The number of carbonyl (C=O) groups excluding carboxylic acids is 2. The van der Waals surface area contributed by atoms with Crippen LogP contribution in [0.25, 0.3) is 10.9 Å². The Hall–Kier alpha value is -3.35. The minimum absolute atomic E-state index is 0.0795. The Balaban J connectivity index is 1.92. The zero-order valence-corrected chi connectivity index (χ0v) is 16.9. The van der Waals surface area contributed by atoms with Gasteiger partial charge >= 0.3 is 0 Å². The number of ketones is 1. The molecule has 0 N–H and O–H groups in total. The maximum atomic E-state index is 13.6. The minimum atomic E-state index is -1.00. The summed E-state index contributed by atoms with van der Waals surface area (Å²) in [6.07, 6.45) is 3.40. The van der Waals surface area contributed by atoms with Crippen molar-refractivity contribution in [1.82, 2.24) is 14.5 Å². The van der Waals surface area contributed by atoms with Crippen molar-refractivity contribution in [3.8, 4) is 11.5 Å². The largest absolute Gasteiger partial charge is 0.496 e. The standard InChI is InChI=1S/C22H23N3O4/c1-14(26)22(2)13-24-17(21(27)25(22)12-15-6-5-9-23-11-15)10-16-18(28-3)7-8-19(29-4)20(16)24/h5-11H,12-13H2,1-4H3. The van der Waals surface area contributed by atoms with Gasteiger partial charge in [0, 0.05) is 24.3 Å². The molecule has 29 heavy (non-hydrogen) atoms. The number of benzene rings is 1. The van der Waals surface area contributed by atoms with E-state index in [2.05, 4.69) is 4.98 Å². The van der Waals surface area contributed by atoms with Crippen molar-refractivity contribution in [3.63, 3.8) is 0 Å². The molecule has 0 spiro atoms. The van der Waals surface area contributed by atoms with E-state index < -0.39 is 5.54 Å². The topological polar surface area (TPSA) is 73.7 Å². The van der Waals surface area contributed by atoms with Gasteiger partial charge < -0.3 is 18.9 Å². The van der Waals surface area contributed by atoms with Crippen LogP contribution in [0.4, 0.5) is 0 Å². The summed E-state index contributed by atoms with van der Waals surface area (Å²) < 4.78 is 12.9. The van der Waals surface area contributed by atoms with Crippen molar-refractivity contribution in [2.75, 3.05) is 14.2 Å². The normalized spacial score (nSPS) is 18.6. The number of hydrogen-bond acceptors (Lipinski definition) is 5. The maximum absolute atomic E-state index is 13.6. The molecule has 4 rings (SSSR count). The molecule has 1 aromatic carbocycles. The molecule has 1 aliphatic rings. The summed E-state index contributed by atoms with van der Waals surface area (Å²) in [5.74, 6) is 0.993. The van der Waals surface area contributed by atoms with E-state index in [1.54, 1.807) is 31.5 Å². The Morgan fingerprint density at radius 1 is 1.21 bits per heavy atom. The minimum Gasteiger partial charge on any atom is -0.496 e. The number of nitrogens with zero attached hydrogens (tertiary/aromatic N) is 3. The van der Waals surface area contributed by atoms with E-state index in [9.17, 15) is 9.59 Å². The van der Waals surface area contributed by atoms with Gasteiger partial charge in [0.25, 0.3) is 5.91 Å². The number of aromatic nitrogens is 2. The van der Waals surface area contributed by atoms with Gasteiger partial charge in [-0.1, -0.05) is 6.07 Å².